The van der Waals surface area contributed by atoms with Crippen LogP contribution in [0.4, 0.5) is 4.39 Å². The van der Waals surface area contributed by atoms with Crippen molar-refractivity contribution in [2.45, 2.75) is 38.1 Å². The maximum Gasteiger partial charge on any atom is 0.217 e. The Labute approximate surface area is 107 Å². The summed E-state index contributed by atoms with van der Waals surface area (Å²) >= 11 is 0. The molecule has 1 aromatic rings. The quantitative estimate of drug-likeness (QED) is 0.759. The zero-order valence-electron chi connectivity index (χ0n) is 10.4. The van der Waals surface area contributed by atoms with Gasteiger partial charge in [0.15, 0.2) is 0 Å². The number of carbonyl (C=O) groups excluding carboxylic acids is 1. The van der Waals surface area contributed by atoms with Crippen LogP contribution in [0.2, 0.25) is 0 Å². The summed E-state index contributed by atoms with van der Waals surface area (Å²) in [7, 11) is 0. The van der Waals surface area contributed by atoms with E-state index in [2.05, 4.69) is 5.32 Å². The van der Waals surface area contributed by atoms with E-state index in [9.17, 15) is 9.18 Å². The predicted octanol–water partition coefficient (Wildman–Crippen LogP) is 2.06. The van der Waals surface area contributed by atoms with Crippen molar-refractivity contribution in [1.29, 1.82) is 0 Å². The smallest absolute Gasteiger partial charge is 0.217 e. The van der Waals surface area contributed by atoms with Crippen LogP contribution >= 0.6 is 0 Å². The van der Waals surface area contributed by atoms with Crippen LogP contribution < -0.4 is 11.1 Å². The Balaban J connectivity index is 1.80. The number of nitrogens with one attached hydrogen (secondary N) is 1. The molecule has 4 heteroatoms. The lowest BCUT2D eigenvalue weighted by Gasteiger charge is -2.13. The van der Waals surface area contributed by atoms with Gasteiger partial charge in [-0.05, 0) is 49.4 Å². The molecular formula is C14H19FN2O. The molecule has 0 saturated carbocycles. The maximum atomic E-state index is 13.5. The largest absolute Gasteiger partial charge is 0.370 e. The number of hydrogen-bond donors (Lipinski definition) is 2. The van der Waals surface area contributed by atoms with Gasteiger partial charge < -0.3 is 11.1 Å². The van der Waals surface area contributed by atoms with E-state index in [1.165, 1.54) is 6.07 Å². The zero-order valence-corrected chi connectivity index (χ0v) is 10.4. The number of halogens is 1. The van der Waals surface area contributed by atoms with Crippen LogP contribution in [0.3, 0.4) is 0 Å². The second kappa shape index (κ2) is 5.96. The molecule has 0 radical (unpaired) electrons. The van der Waals surface area contributed by atoms with E-state index in [1.807, 2.05) is 6.07 Å². The fourth-order valence-electron chi connectivity index (χ4n) is 2.52. The van der Waals surface area contributed by atoms with Crippen molar-refractivity contribution in [3.63, 3.8) is 0 Å². The third-order valence-corrected chi connectivity index (χ3v) is 3.45. The number of fused-ring (bicyclic) bond motifs is 1. The monoisotopic (exact) mass is 250 g/mol. The zero-order chi connectivity index (χ0) is 13.0. The van der Waals surface area contributed by atoms with Crippen LogP contribution in [0.1, 0.15) is 42.9 Å². The molecule has 1 aliphatic rings. The van der Waals surface area contributed by atoms with Crippen molar-refractivity contribution >= 4 is 5.91 Å². The fourth-order valence-corrected chi connectivity index (χ4v) is 2.52. The van der Waals surface area contributed by atoms with Gasteiger partial charge in [0.1, 0.15) is 5.82 Å². The number of primary amides is 1. The average molecular weight is 250 g/mol. The van der Waals surface area contributed by atoms with Gasteiger partial charge in [-0.2, -0.15) is 0 Å². The summed E-state index contributed by atoms with van der Waals surface area (Å²) in [5, 5.41) is 3.42. The first kappa shape index (κ1) is 13.0. The standard InChI is InChI=1S/C14H19FN2O/c15-12-5-3-4-11-10(12)7-8-13(11)17-9-2-1-6-14(16)18/h3-5,13,17H,1-2,6-9H2,(H2,16,18). The lowest BCUT2D eigenvalue weighted by molar-refractivity contribution is -0.118. The molecule has 3 N–H and O–H groups in total. The Bertz CT molecular complexity index is 434. The summed E-state index contributed by atoms with van der Waals surface area (Å²) < 4.78 is 13.5. The van der Waals surface area contributed by atoms with Gasteiger partial charge in [0.05, 0.1) is 0 Å². The van der Waals surface area contributed by atoms with E-state index < -0.39 is 0 Å². The molecule has 2 rings (SSSR count). The molecule has 1 amide bonds. The van der Waals surface area contributed by atoms with E-state index in [4.69, 9.17) is 5.73 Å². The van der Waals surface area contributed by atoms with Gasteiger partial charge in [-0.3, -0.25) is 4.79 Å². The minimum Gasteiger partial charge on any atom is -0.370 e. The molecule has 0 aromatic heterocycles. The first-order valence-electron chi connectivity index (χ1n) is 6.47. The van der Waals surface area contributed by atoms with Crippen LogP contribution in [0.5, 0.6) is 0 Å². The molecule has 98 valence electrons. The normalized spacial score (nSPS) is 17.7. The Morgan fingerprint density at radius 2 is 2.28 bits per heavy atom. The van der Waals surface area contributed by atoms with Crippen LogP contribution in [-0.2, 0) is 11.2 Å². The van der Waals surface area contributed by atoms with E-state index in [0.29, 0.717) is 6.42 Å². The van der Waals surface area contributed by atoms with E-state index in [0.717, 1.165) is 43.4 Å². The highest BCUT2D eigenvalue weighted by molar-refractivity contribution is 5.73. The summed E-state index contributed by atoms with van der Waals surface area (Å²) in [6.45, 7) is 0.841. The van der Waals surface area contributed by atoms with E-state index in [1.54, 1.807) is 6.07 Å². The Morgan fingerprint density at radius 1 is 1.44 bits per heavy atom. The second-order valence-electron chi connectivity index (χ2n) is 4.78. The topological polar surface area (TPSA) is 55.1 Å². The molecule has 0 fully saturated rings. The van der Waals surface area contributed by atoms with Gasteiger partial charge in [-0.25, -0.2) is 4.39 Å². The van der Waals surface area contributed by atoms with Crippen molar-refractivity contribution in [1.82, 2.24) is 5.32 Å². The number of amides is 1. The third kappa shape index (κ3) is 3.07. The molecule has 1 unspecified atom stereocenters. The first-order chi connectivity index (χ1) is 8.68. The lowest BCUT2D eigenvalue weighted by atomic mass is 10.1. The Kier molecular flexibility index (Phi) is 4.31. The number of nitrogens with two attached hydrogens (primary N) is 1. The first-order valence-corrected chi connectivity index (χ1v) is 6.47. The van der Waals surface area contributed by atoms with E-state index in [-0.39, 0.29) is 17.8 Å². The van der Waals surface area contributed by atoms with Gasteiger partial charge in [0.25, 0.3) is 0 Å². The highest BCUT2D eigenvalue weighted by Crippen LogP contribution is 2.32. The summed E-state index contributed by atoms with van der Waals surface area (Å²) in [6, 6.07) is 5.53. The van der Waals surface area contributed by atoms with Crippen molar-refractivity contribution in [2.24, 2.45) is 5.73 Å². The van der Waals surface area contributed by atoms with Crippen LogP contribution in [0.15, 0.2) is 18.2 Å². The summed E-state index contributed by atoms with van der Waals surface area (Å²) in [5.74, 6) is -0.339. The molecule has 0 bridgehead atoms. The number of unbranched alkanes of at least 4 members (excludes halogenated alkanes) is 1. The Morgan fingerprint density at radius 3 is 3.06 bits per heavy atom. The molecule has 3 nitrogen and oxygen atoms in total. The Hall–Kier alpha value is -1.42. The summed E-state index contributed by atoms with van der Waals surface area (Å²) in [6.07, 6.45) is 3.93. The predicted molar refractivity (Wildman–Crippen MR) is 68.5 cm³/mol. The van der Waals surface area contributed by atoms with Crippen LogP contribution in [0, 0.1) is 5.82 Å². The van der Waals surface area contributed by atoms with Crippen molar-refractivity contribution in [3.8, 4) is 0 Å². The second-order valence-corrected chi connectivity index (χ2v) is 4.78. The van der Waals surface area contributed by atoms with Gasteiger partial charge in [-0.15, -0.1) is 0 Å². The minimum atomic E-state index is -0.247. The lowest BCUT2D eigenvalue weighted by Crippen LogP contribution is -2.21. The molecule has 1 aliphatic carbocycles. The number of benzene rings is 1. The maximum absolute atomic E-state index is 13.5. The molecule has 0 spiro atoms. The number of hydrogen-bond acceptors (Lipinski definition) is 2. The number of rotatable bonds is 6. The highest BCUT2D eigenvalue weighted by atomic mass is 19.1. The average Bonchev–Trinajstić information content (AvgIpc) is 2.73. The summed E-state index contributed by atoms with van der Waals surface area (Å²) in [4.78, 5) is 10.6. The van der Waals surface area contributed by atoms with Crippen molar-refractivity contribution in [3.05, 3.63) is 35.1 Å². The number of carbonyl (C=O) groups is 1. The van der Waals surface area contributed by atoms with Gasteiger partial charge in [0, 0.05) is 12.5 Å². The molecule has 1 aromatic carbocycles. The van der Waals surface area contributed by atoms with Gasteiger partial charge in [-0.1, -0.05) is 12.1 Å². The SMILES string of the molecule is NC(=O)CCCCNC1CCc2c(F)cccc21. The summed E-state index contributed by atoms with van der Waals surface area (Å²) in [5.41, 5.74) is 7.02. The highest BCUT2D eigenvalue weighted by Gasteiger charge is 2.23. The van der Waals surface area contributed by atoms with Crippen LogP contribution in [0.25, 0.3) is 0 Å². The van der Waals surface area contributed by atoms with Gasteiger partial charge >= 0.3 is 0 Å². The molecule has 18 heavy (non-hydrogen) atoms. The molecule has 0 heterocycles. The van der Waals surface area contributed by atoms with Crippen molar-refractivity contribution in [2.75, 3.05) is 6.54 Å². The van der Waals surface area contributed by atoms with Crippen LogP contribution in [-0.4, -0.2) is 12.5 Å². The minimum absolute atomic E-state index is 0.0921. The molecular weight excluding hydrogens is 231 g/mol. The molecule has 1 atom stereocenters. The fraction of sp³-hybridized carbons (Fsp3) is 0.500. The molecule has 0 aliphatic heterocycles. The third-order valence-electron chi connectivity index (χ3n) is 3.45. The van der Waals surface area contributed by atoms with Crippen molar-refractivity contribution < 1.29 is 9.18 Å². The van der Waals surface area contributed by atoms with E-state index >= 15 is 0 Å². The van der Waals surface area contributed by atoms with Gasteiger partial charge in [0.2, 0.25) is 5.91 Å². The molecule has 0 saturated heterocycles.